The zero-order valence-electron chi connectivity index (χ0n) is 18.0. The van der Waals surface area contributed by atoms with Crippen LogP contribution < -0.4 is 14.8 Å². The average Bonchev–Trinajstić information content (AvgIpc) is 3.14. The van der Waals surface area contributed by atoms with Gasteiger partial charge in [-0.05, 0) is 77.5 Å². The van der Waals surface area contributed by atoms with Crippen molar-refractivity contribution in [1.82, 2.24) is 10.2 Å². The molecule has 0 radical (unpaired) electrons. The number of anilines is 2. The van der Waals surface area contributed by atoms with Gasteiger partial charge in [0.2, 0.25) is 0 Å². The van der Waals surface area contributed by atoms with Crippen molar-refractivity contribution < 1.29 is 17.9 Å². The highest BCUT2D eigenvalue weighted by atomic mass is 79.9. The fourth-order valence-electron chi connectivity index (χ4n) is 3.01. The number of aromatic amines is 1. The maximum Gasteiger partial charge on any atom is 0.261 e. The Balaban J connectivity index is 1.56. The van der Waals surface area contributed by atoms with Crippen LogP contribution in [-0.2, 0) is 10.0 Å². The lowest BCUT2D eigenvalue weighted by Gasteiger charge is -2.13. The number of H-pyrrole nitrogens is 1. The molecule has 0 aliphatic rings. The van der Waals surface area contributed by atoms with E-state index in [0.29, 0.717) is 26.7 Å². The molecule has 0 atom stereocenters. The molecular formula is C23H17BrCl2N4O4S. The summed E-state index contributed by atoms with van der Waals surface area (Å²) in [6.45, 7) is 1.77. The first-order valence-corrected chi connectivity index (χ1v) is 13.0. The number of para-hydroxylation sites is 1. The number of halogens is 3. The molecule has 180 valence electrons. The van der Waals surface area contributed by atoms with Crippen LogP contribution in [0.4, 0.5) is 11.5 Å². The Morgan fingerprint density at radius 2 is 1.77 bits per heavy atom. The number of aryl methyl sites for hydroxylation is 1. The number of aromatic nitrogens is 2. The first-order chi connectivity index (χ1) is 16.6. The molecule has 3 aromatic carbocycles. The molecule has 4 aromatic rings. The minimum Gasteiger partial charge on any atom is -0.456 e. The second-order valence-corrected chi connectivity index (χ2v) is 10.6. The van der Waals surface area contributed by atoms with Crippen molar-refractivity contribution in [3.05, 3.63) is 92.5 Å². The summed E-state index contributed by atoms with van der Waals surface area (Å²) in [6, 6.07) is 17.0. The number of amides is 1. The van der Waals surface area contributed by atoms with Gasteiger partial charge in [-0.3, -0.25) is 14.6 Å². The van der Waals surface area contributed by atoms with Gasteiger partial charge in [-0.2, -0.15) is 5.10 Å². The van der Waals surface area contributed by atoms with Crippen molar-refractivity contribution in [3.63, 3.8) is 0 Å². The number of ether oxygens (including phenoxy) is 1. The standard InChI is InChI=1S/C23H17BrCl2N4O4S/c1-13-21(24)22(29-28-13)27-23(31)17-12-14(25)6-11-19(17)30-35(32,33)16-9-7-15(8-10-16)34-20-5-3-2-4-18(20)26/h2-12,30H,1H3,(H2,27,28,29,31). The van der Waals surface area contributed by atoms with Crippen molar-refractivity contribution in [2.45, 2.75) is 11.8 Å². The predicted molar refractivity (Wildman–Crippen MR) is 139 cm³/mol. The van der Waals surface area contributed by atoms with E-state index in [1.165, 1.54) is 42.5 Å². The smallest absolute Gasteiger partial charge is 0.261 e. The Morgan fingerprint density at radius 1 is 1.06 bits per heavy atom. The third-order valence-electron chi connectivity index (χ3n) is 4.77. The number of carbonyl (C=O) groups is 1. The predicted octanol–water partition coefficient (Wildman–Crippen LogP) is 6.63. The number of benzene rings is 3. The molecule has 8 nitrogen and oxygen atoms in total. The first kappa shape index (κ1) is 25.1. The number of nitrogens with one attached hydrogen (secondary N) is 3. The van der Waals surface area contributed by atoms with Crippen LogP contribution in [0.2, 0.25) is 10.0 Å². The van der Waals surface area contributed by atoms with E-state index in [2.05, 4.69) is 36.2 Å². The van der Waals surface area contributed by atoms with Crippen molar-refractivity contribution in [2.24, 2.45) is 0 Å². The summed E-state index contributed by atoms with van der Waals surface area (Å²) in [6.07, 6.45) is 0. The van der Waals surface area contributed by atoms with E-state index in [1.54, 1.807) is 31.2 Å². The molecular weight excluding hydrogens is 579 g/mol. The van der Waals surface area contributed by atoms with E-state index >= 15 is 0 Å². The maximum atomic E-state index is 13.0. The highest BCUT2D eigenvalue weighted by Gasteiger charge is 2.21. The second-order valence-electron chi connectivity index (χ2n) is 7.26. The zero-order chi connectivity index (χ0) is 25.2. The van der Waals surface area contributed by atoms with Gasteiger partial charge in [0.15, 0.2) is 5.82 Å². The lowest BCUT2D eigenvalue weighted by molar-refractivity contribution is 0.102. The summed E-state index contributed by atoms with van der Waals surface area (Å²) in [5.41, 5.74) is 0.785. The van der Waals surface area contributed by atoms with E-state index < -0.39 is 15.9 Å². The molecule has 1 amide bonds. The summed E-state index contributed by atoms with van der Waals surface area (Å²) < 4.78 is 34.8. The number of carbonyl (C=O) groups excluding carboxylic acids is 1. The van der Waals surface area contributed by atoms with Gasteiger partial charge in [-0.1, -0.05) is 35.3 Å². The van der Waals surface area contributed by atoms with Crippen LogP contribution in [0.15, 0.2) is 76.1 Å². The minimum absolute atomic E-state index is 0.0206. The van der Waals surface area contributed by atoms with Gasteiger partial charge in [0.1, 0.15) is 11.5 Å². The molecule has 0 aliphatic carbocycles. The van der Waals surface area contributed by atoms with Crippen molar-refractivity contribution in [1.29, 1.82) is 0 Å². The first-order valence-electron chi connectivity index (χ1n) is 10.0. The topological polar surface area (TPSA) is 113 Å². The van der Waals surface area contributed by atoms with Gasteiger partial charge >= 0.3 is 0 Å². The number of sulfonamides is 1. The summed E-state index contributed by atoms with van der Waals surface area (Å²) in [5.74, 6) is 0.512. The molecule has 3 N–H and O–H groups in total. The number of rotatable bonds is 7. The lowest BCUT2D eigenvalue weighted by atomic mass is 10.1. The molecule has 0 saturated heterocycles. The highest BCUT2D eigenvalue weighted by molar-refractivity contribution is 9.10. The van der Waals surface area contributed by atoms with E-state index in [9.17, 15) is 13.2 Å². The third kappa shape index (κ3) is 5.79. The Bertz CT molecular complexity index is 1510. The summed E-state index contributed by atoms with van der Waals surface area (Å²) in [7, 11) is -4.04. The molecule has 0 fully saturated rings. The molecule has 1 heterocycles. The molecule has 12 heteroatoms. The van der Waals surface area contributed by atoms with Gasteiger partial charge in [0.25, 0.3) is 15.9 Å². The summed E-state index contributed by atoms with van der Waals surface area (Å²) in [5, 5.41) is 10.1. The zero-order valence-corrected chi connectivity index (χ0v) is 21.9. The van der Waals surface area contributed by atoms with E-state index in [4.69, 9.17) is 27.9 Å². The Morgan fingerprint density at radius 3 is 2.43 bits per heavy atom. The van der Waals surface area contributed by atoms with E-state index in [-0.39, 0.29) is 27.0 Å². The highest BCUT2D eigenvalue weighted by Crippen LogP contribution is 2.30. The van der Waals surface area contributed by atoms with Crippen LogP contribution in [0.25, 0.3) is 0 Å². The van der Waals surface area contributed by atoms with Crippen molar-refractivity contribution in [2.75, 3.05) is 10.0 Å². The molecule has 35 heavy (non-hydrogen) atoms. The van der Waals surface area contributed by atoms with Gasteiger partial charge in [-0.25, -0.2) is 8.42 Å². The molecule has 0 bridgehead atoms. The van der Waals surface area contributed by atoms with E-state index in [0.717, 1.165) is 0 Å². The van der Waals surface area contributed by atoms with Gasteiger partial charge in [-0.15, -0.1) is 0 Å². The summed E-state index contributed by atoms with van der Waals surface area (Å²) >= 11 is 15.5. The van der Waals surface area contributed by atoms with Crippen LogP contribution in [-0.4, -0.2) is 24.5 Å². The van der Waals surface area contributed by atoms with Gasteiger partial charge < -0.3 is 10.1 Å². The normalized spacial score (nSPS) is 11.2. The fraction of sp³-hybridized carbons (Fsp3) is 0.0435. The third-order valence-corrected chi connectivity index (χ3v) is 7.67. The lowest BCUT2D eigenvalue weighted by Crippen LogP contribution is -2.19. The van der Waals surface area contributed by atoms with Crippen molar-refractivity contribution >= 4 is 66.6 Å². The Hall–Kier alpha value is -3.05. The van der Waals surface area contributed by atoms with Crippen molar-refractivity contribution in [3.8, 4) is 11.5 Å². The molecule has 4 rings (SSSR count). The quantitative estimate of drug-likeness (QED) is 0.222. The van der Waals surface area contributed by atoms with Gasteiger partial charge in [0, 0.05) is 10.7 Å². The number of hydrogen-bond donors (Lipinski definition) is 3. The number of hydrogen-bond acceptors (Lipinski definition) is 5. The molecule has 0 aliphatic heterocycles. The van der Waals surface area contributed by atoms with E-state index in [1.807, 2.05) is 0 Å². The Labute approximate surface area is 219 Å². The molecule has 1 aromatic heterocycles. The fourth-order valence-corrected chi connectivity index (χ4v) is 4.71. The monoisotopic (exact) mass is 594 g/mol. The van der Waals surface area contributed by atoms with Gasteiger partial charge in [0.05, 0.1) is 25.6 Å². The minimum atomic E-state index is -4.04. The van der Waals surface area contributed by atoms with Crippen LogP contribution in [0.5, 0.6) is 11.5 Å². The largest absolute Gasteiger partial charge is 0.456 e. The average molecular weight is 596 g/mol. The number of nitrogens with zero attached hydrogens (tertiary/aromatic N) is 1. The van der Waals surface area contributed by atoms with Crippen LogP contribution >= 0.6 is 39.1 Å². The maximum absolute atomic E-state index is 13.0. The second kappa shape index (κ2) is 10.3. The van der Waals surface area contributed by atoms with Crippen LogP contribution in [0.3, 0.4) is 0 Å². The molecule has 0 spiro atoms. The SMILES string of the molecule is Cc1[nH]nc(NC(=O)c2cc(Cl)ccc2NS(=O)(=O)c2ccc(Oc3ccccc3Cl)cc2)c1Br. The van der Waals surface area contributed by atoms with Crippen LogP contribution in [0.1, 0.15) is 16.1 Å². The molecule has 0 saturated carbocycles. The Kier molecular flexibility index (Phi) is 7.36. The molecule has 0 unspecified atom stereocenters. The summed E-state index contributed by atoms with van der Waals surface area (Å²) in [4.78, 5) is 12.9. The van der Waals surface area contributed by atoms with Crippen LogP contribution in [0, 0.1) is 6.92 Å².